The minimum Gasteiger partial charge on any atom is -0.0882 e. The monoisotopic (exact) mass is 196 g/mol. The summed E-state index contributed by atoms with van der Waals surface area (Å²) in [7, 11) is 0. The van der Waals surface area contributed by atoms with E-state index in [1.165, 1.54) is 32.1 Å². The second kappa shape index (κ2) is 8.08. The molecule has 0 fully saturated rings. The van der Waals surface area contributed by atoms with Gasteiger partial charge in [0.05, 0.1) is 0 Å². The molecule has 0 aliphatic rings. The van der Waals surface area contributed by atoms with Crippen molar-refractivity contribution in [2.24, 2.45) is 11.8 Å². The summed E-state index contributed by atoms with van der Waals surface area (Å²) in [5.74, 6) is 1.68. The van der Waals surface area contributed by atoms with Gasteiger partial charge in [-0.2, -0.15) is 0 Å². The first-order valence-corrected chi connectivity index (χ1v) is 6.30. The van der Waals surface area contributed by atoms with Gasteiger partial charge in [-0.25, -0.2) is 0 Å². The first-order chi connectivity index (χ1) is 6.65. The Morgan fingerprint density at radius 2 is 1.86 bits per heavy atom. The van der Waals surface area contributed by atoms with Gasteiger partial charge in [-0.3, -0.25) is 0 Å². The molecule has 0 nitrogen and oxygen atoms in total. The smallest absolute Gasteiger partial charge is 0.0229 e. The lowest BCUT2D eigenvalue weighted by atomic mass is 9.87. The molecule has 0 saturated heterocycles. The van der Waals surface area contributed by atoms with Crippen molar-refractivity contribution < 1.29 is 0 Å². The van der Waals surface area contributed by atoms with Crippen LogP contribution >= 0.6 is 0 Å². The Labute approximate surface area is 90.8 Å². The summed E-state index contributed by atoms with van der Waals surface area (Å²) in [6, 6.07) is 0. The molecule has 0 rings (SSSR count). The van der Waals surface area contributed by atoms with E-state index in [4.69, 9.17) is 0 Å². The molecule has 0 amide bonds. The molecule has 0 spiro atoms. The van der Waals surface area contributed by atoms with E-state index in [2.05, 4.69) is 40.7 Å². The topological polar surface area (TPSA) is 0 Å². The van der Waals surface area contributed by atoms with E-state index in [9.17, 15) is 0 Å². The second-order valence-electron chi connectivity index (χ2n) is 4.60. The largest absolute Gasteiger partial charge is 0.0882 e. The number of hydrogen-bond donors (Lipinski definition) is 0. The van der Waals surface area contributed by atoms with Crippen LogP contribution < -0.4 is 0 Å². The predicted octanol–water partition coefficient (Wildman–Crippen LogP) is 5.20. The lowest BCUT2D eigenvalue weighted by Crippen LogP contribution is -2.05. The van der Waals surface area contributed by atoms with Crippen molar-refractivity contribution in [1.82, 2.24) is 0 Å². The van der Waals surface area contributed by atoms with Gasteiger partial charge in [0.2, 0.25) is 0 Å². The molecule has 0 aromatic heterocycles. The fraction of sp³-hybridized carbons (Fsp3) is 0.857. The highest BCUT2D eigenvalue weighted by Gasteiger charge is 2.10. The highest BCUT2D eigenvalue weighted by molar-refractivity contribution is 5.03. The van der Waals surface area contributed by atoms with Crippen molar-refractivity contribution in [3.63, 3.8) is 0 Å². The van der Waals surface area contributed by atoms with Gasteiger partial charge in [0.15, 0.2) is 0 Å². The Bertz CT molecular complexity index is 155. The Balaban J connectivity index is 3.85. The maximum absolute atomic E-state index is 2.40. The van der Waals surface area contributed by atoms with Gasteiger partial charge in [-0.15, -0.1) is 0 Å². The number of unbranched alkanes of at least 4 members (excludes halogenated alkanes) is 1. The second-order valence-corrected chi connectivity index (χ2v) is 4.60. The van der Waals surface area contributed by atoms with Crippen LogP contribution in [0, 0.1) is 11.8 Å². The number of allylic oxidation sites excluding steroid dienone is 2. The fourth-order valence-corrected chi connectivity index (χ4v) is 2.26. The molecule has 0 aliphatic heterocycles. The molecule has 0 heterocycles. The summed E-state index contributed by atoms with van der Waals surface area (Å²) < 4.78 is 0. The Morgan fingerprint density at radius 3 is 2.29 bits per heavy atom. The molecule has 0 aliphatic carbocycles. The van der Waals surface area contributed by atoms with Crippen molar-refractivity contribution >= 4 is 0 Å². The molecule has 0 saturated carbocycles. The van der Waals surface area contributed by atoms with Crippen molar-refractivity contribution in [2.45, 2.75) is 66.7 Å². The van der Waals surface area contributed by atoms with Gasteiger partial charge in [0.25, 0.3) is 0 Å². The van der Waals surface area contributed by atoms with E-state index >= 15 is 0 Å². The van der Waals surface area contributed by atoms with Gasteiger partial charge in [-0.1, -0.05) is 58.6 Å². The zero-order valence-electron chi connectivity index (χ0n) is 10.8. The first-order valence-electron chi connectivity index (χ1n) is 6.30. The van der Waals surface area contributed by atoms with E-state index in [0.717, 1.165) is 11.8 Å². The van der Waals surface area contributed by atoms with E-state index < -0.39 is 0 Å². The van der Waals surface area contributed by atoms with E-state index in [1.54, 1.807) is 5.57 Å². The van der Waals surface area contributed by atoms with Crippen LogP contribution in [0.2, 0.25) is 0 Å². The predicted molar refractivity (Wildman–Crippen MR) is 66.5 cm³/mol. The van der Waals surface area contributed by atoms with Crippen LogP contribution in [0.4, 0.5) is 0 Å². The third-order valence-electron chi connectivity index (χ3n) is 3.22. The molecule has 2 atom stereocenters. The quantitative estimate of drug-likeness (QED) is 0.491. The summed E-state index contributed by atoms with van der Waals surface area (Å²) >= 11 is 0. The Kier molecular flexibility index (Phi) is 7.93. The molecule has 0 aromatic rings. The van der Waals surface area contributed by atoms with Crippen LogP contribution in [0.25, 0.3) is 0 Å². The first kappa shape index (κ1) is 13.7. The summed E-state index contributed by atoms with van der Waals surface area (Å²) in [5.41, 5.74) is 1.63. The van der Waals surface area contributed by atoms with Crippen LogP contribution in [0.5, 0.6) is 0 Å². The lowest BCUT2D eigenvalue weighted by Gasteiger charge is -2.19. The van der Waals surface area contributed by atoms with Crippen molar-refractivity contribution in [1.29, 1.82) is 0 Å². The number of hydrogen-bond acceptors (Lipinski definition) is 0. The summed E-state index contributed by atoms with van der Waals surface area (Å²) in [6.07, 6.45) is 9.03. The maximum Gasteiger partial charge on any atom is -0.0229 e. The third-order valence-corrected chi connectivity index (χ3v) is 3.22. The van der Waals surface area contributed by atoms with Gasteiger partial charge in [0.1, 0.15) is 0 Å². The van der Waals surface area contributed by atoms with E-state index in [0.29, 0.717) is 0 Å². The van der Waals surface area contributed by atoms with Crippen LogP contribution in [0.3, 0.4) is 0 Å². The normalized spacial score (nSPS) is 16.8. The van der Waals surface area contributed by atoms with Gasteiger partial charge >= 0.3 is 0 Å². The summed E-state index contributed by atoms with van der Waals surface area (Å²) in [5, 5.41) is 0. The number of rotatable bonds is 7. The molecular weight excluding hydrogens is 168 g/mol. The zero-order valence-corrected chi connectivity index (χ0v) is 10.8. The molecule has 0 heteroatoms. The SMILES string of the molecule is CC=C(CC)C(C)CC(C)CCCC. The van der Waals surface area contributed by atoms with E-state index in [1.807, 2.05) is 0 Å². The molecule has 0 N–H and O–H groups in total. The van der Waals surface area contributed by atoms with Crippen molar-refractivity contribution in [2.75, 3.05) is 0 Å². The van der Waals surface area contributed by atoms with E-state index in [-0.39, 0.29) is 0 Å². The molecule has 84 valence electrons. The van der Waals surface area contributed by atoms with Crippen LogP contribution in [0.1, 0.15) is 66.7 Å². The highest BCUT2D eigenvalue weighted by atomic mass is 14.2. The fourth-order valence-electron chi connectivity index (χ4n) is 2.26. The molecule has 14 heavy (non-hydrogen) atoms. The highest BCUT2D eigenvalue weighted by Crippen LogP contribution is 2.24. The zero-order chi connectivity index (χ0) is 11.0. The molecular formula is C14H28. The molecule has 0 radical (unpaired) electrons. The Hall–Kier alpha value is -0.260. The van der Waals surface area contributed by atoms with Gasteiger partial charge < -0.3 is 0 Å². The van der Waals surface area contributed by atoms with Crippen molar-refractivity contribution in [3.8, 4) is 0 Å². The summed E-state index contributed by atoms with van der Waals surface area (Å²) in [6.45, 7) is 11.5. The third kappa shape index (κ3) is 5.47. The van der Waals surface area contributed by atoms with Crippen LogP contribution in [-0.4, -0.2) is 0 Å². The molecule has 0 bridgehead atoms. The minimum absolute atomic E-state index is 0.789. The maximum atomic E-state index is 2.40. The van der Waals surface area contributed by atoms with Gasteiger partial charge in [-0.05, 0) is 31.6 Å². The van der Waals surface area contributed by atoms with Crippen LogP contribution in [0.15, 0.2) is 11.6 Å². The molecule has 2 unspecified atom stereocenters. The molecule has 0 aromatic carbocycles. The minimum atomic E-state index is 0.789. The average Bonchev–Trinajstić information content (AvgIpc) is 2.16. The van der Waals surface area contributed by atoms with Crippen molar-refractivity contribution in [3.05, 3.63) is 11.6 Å². The van der Waals surface area contributed by atoms with Crippen LogP contribution in [-0.2, 0) is 0 Å². The summed E-state index contributed by atoms with van der Waals surface area (Å²) in [4.78, 5) is 0. The lowest BCUT2D eigenvalue weighted by molar-refractivity contribution is 0.411. The Morgan fingerprint density at radius 1 is 1.21 bits per heavy atom. The standard InChI is InChI=1S/C14H28/c1-6-9-10-12(4)11-13(5)14(7-2)8-3/h7,12-13H,6,8-11H2,1-5H3. The average molecular weight is 196 g/mol. The van der Waals surface area contributed by atoms with Gasteiger partial charge in [0, 0.05) is 0 Å².